The molecule has 10 heteroatoms. The van der Waals surface area contributed by atoms with Gasteiger partial charge in [0.05, 0.1) is 7.11 Å². The maximum Gasteiger partial charge on any atom is 0.251 e. The molecule has 0 unspecified atom stereocenters. The summed E-state index contributed by atoms with van der Waals surface area (Å²) in [5, 5.41) is 5.55. The Morgan fingerprint density at radius 1 is 1.09 bits per heavy atom. The molecule has 2 aromatic carbocycles. The third-order valence-electron chi connectivity index (χ3n) is 5.53. The molecule has 0 saturated heterocycles. The summed E-state index contributed by atoms with van der Waals surface area (Å²) in [7, 11) is 2.88. The molecule has 35 heavy (non-hydrogen) atoms. The molecule has 2 aromatic rings. The van der Waals surface area contributed by atoms with Crippen LogP contribution in [0.3, 0.4) is 0 Å². The standard InChI is InChI=1S/C25H30FN3O6/c1-33-16-24(31)29-12-4-8-23(30)28-15-18-19(26)6-3-7-20(18)35-21-10-9-17(14-22(21)34-2)25(32)27-11-5-13-29/h3,6-7,9-10,14H,4-5,8,11-13,15-16H2,1-2H3,(H,27,32)(H,28,30). The maximum atomic E-state index is 14.6. The van der Waals surface area contributed by atoms with E-state index in [-0.39, 0.29) is 48.6 Å². The Balaban J connectivity index is 1.87. The first-order valence-electron chi connectivity index (χ1n) is 11.4. The molecule has 2 heterocycles. The fraction of sp³-hybridized carbons (Fsp3) is 0.400. The van der Waals surface area contributed by atoms with Gasteiger partial charge in [0.25, 0.3) is 5.91 Å². The minimum Gasteiger partial charge on any atom is -0.493 e. The normalized spacial score (nSPS) is 15.6. The van der Waals surface area contributed by atoms with Crippen molar-refractivity contribution in [3.63, 3.8) is 0 Å². The van der Waals surface area contributed by atoms with Gasteiger partial charge in [-0.2, -0.15) is 0 Å². The van der Waals surface area contributed by atoms with E-state index in [1.165, 1.54) is 32.4 Å². The molecule has 0 aromatic heterocycles. The minimum atomic E-state index is -0.528. The van der Waals surface area contributed by atoms with Crippen LogP contribution in [0.5, 0.6) is 17.2 Å². The molecule has 0 atom stereocenters. The quantitative estimate of drug-likeness (QED) is 0.690. The fourth-order valence-corrected chi connectivity index (χ4v) is 3.67. The molecule has 9 nitrogen and oxygen atoms in total. The number of benzene rings is 2. The van der Waals surface area contributed by atoms with Crippen molar-refractivity contribution in [3.05, 3.63) is 53.3 Å². The summed E-state index contributed by atoms with van der Waals surface area (Å²) in [4.78, 5) is 39.0. The van der Waals surface area contributed by atoms with E-state index in [9.17, 15) is 18.8 Å². The zero-order valence-corrected chi connectivity index (χ0v) is 19.9. The second-order valence-corrected chi connectivity index (χ2v) is 7.99. The molecule has 4 rings (SSSR count). The Kier molecular flexibility index (Phi) is 9.42. The number of rotatable bonds is 3. The number of nitrogens with one attached hydrogen (secondary N) is 2. The van der Waals surface area contributed by atoms with Gasteiger partial charge in [-0.25, -0.2) is 4.39 Å². The topological polar surface area (TPSA) is 106 Å². The molecule has 0 spiro atoms. The molecule has 0 aliphatic carbocycles. The van der Waals surface area contributed by atoms with Gasteiger partial charge in [-0.3, -0.25) is 14.4 Å². The van der Waals surface area contributed by atoms with Crippen molar-refractivity contribution in [2.45, 2.75) is 25.8 Å². The Morgan fingerprint density at radius 2 is 1.89 bits per heavy atom. The van der Waals surface area contributed by atoms with E-state index in [2.05, 4.69) is 10.6 Å². The van der Waals surface area contributed by atoms with Crippen LogP contribution in [0, 0.1) is 5.82 Å². The van der Waals surface area contributed by atoms with E-state index in [1.54, 1.807) is 23.1 Å². The van der Waals surface area contributed by atoms with Crippen LogP contribution in [-0.2, 0) is 20.9 Å². The Labute approximate surface area is 203 Å². The molecule has 0 saturated carbocycles. The summed E-state index contributed by atoms with van der Waals surface area (Å²) >= 11 is 0. The van der Waals surface area contributed by atoms with E-state index in [4.69, 9.17) is 14.2 Å². The van der Waals surface area contributed by atoms with Crippen LogP contribution in [0.2, 0.25) is 0 Å². The van der Waals surface area contributed by atoms with E-state index in [0.717, 1.165) is 0 Å². The number of amides is 3. The van der Waals surface area contributed by atoms with Crippen molar-refractivity contribution in [2.24, 2.45) is 0 Å². The number of ether oxygens (including phenoxy) is 3. The minimum absolute atomic E-state index is 0.0687. The van der Waals surface area contributed by atoms with Gasteiger partial charge in [0, 0.05) is 50.8 Å². The molecule has 2 N–H and O–H groups in total. The lowest BCUT2D eigenvalue weighted by Crippen LogP contribution is -2.37. The fourth-order valence-electron chi connectivity index (χ4n) is 3.67. The molecular formula is C25H30FN3O6. The number of carbonyl (C=O) groups excluding carboxylic acids is 3. The molecule has 2 bridgehead atoms. The average molecular weight is 488 g/mol. The van der Waals surface area contributed by atoms with Gasteiger partial charge in [0.1, 0.15) is 18.2 Å². The van der Waals surface area contributed by atoms with Crippen LogP contribution in [-0.4, -0.2) is 63.1 Å². The van der Waals surface area contributed by atoms with Crippen LogP contribution in [0.15, 0.2) is 36.4 Å². The van der Waals surface area contributed by atoms with E-state index in [0.29, 0.717) is 49.5 Å². The number of nitrogens with zero attached hydrogens (tertiary/aromatic N) is 1. The summed E-state index contributed by atoms with van der Waals surface area (Å²) in [6, 6.07) is 9.07. The van der Waals surface area contributed by atoms with Crippen molar-refractivity contribution in [3.8, 4) is 17.2 Å². The molecule has 2 aliphatic heterocycles. The second kappa shape index (κ2) is 12.7. The summed E-state index contributed by atoms with van der Waals surface area (Å²) in [5.74, 6) is -0.485. The lowest BCUT2D eigenvalue weighted by atomic mass is 10.1. The third kappa shape index (κ3) is 7.16. The first-order chi connectivity index (χ1) is 16.9. The Bertz CT molecular complexity index is 1060. The third-order valence-corrected chi connectivity index (χ3v) is 5.53. The predicted octanol–water partition coefficient (Wildman–Crippen LogP) is 2.63. The van der Waals surface area contributed by atoms with Crippen molar-refractivity contribution in [1.82, 2.24) is 15.5 Å². The van der Waals surface area contributed by atoms with Gasteiger partial charge in [-0.15, -0.1) is 0 Å². The van der Waals surface area contributed by atoms with Crippen molar-refractivity contribution >= 4 is 17.7 Å². The smallest absolute Gasteiger partial charge is 0.251 e. The van der Waals surface area contributed by atoms with Crippen LogP contribution in [0.4, 0.5) is 4.39 Å². The molecule has 2 aliphatic rings. The van der Waals surface area contributed by atoms with E-state index >= 15 is 0 Å². The van der Waals surface area contributed by atoms with Gasteiger partial charge >= 0.3 is 0 Å². The summed E-state index contributed by atoms with van der Waals surface area (Å²) in [6.07, 6.45) is 1.11. The van der Waals surface area contributed by atoms with Crippen LogP contribution in [0.1, 0.15) is 35.2 Å². The highest BCUT2D eigenvalue weighted by Crippen LogP contribution is 2.34. The zero-order chi connectivity index (χ0) is 25.2. The van der Waals surface area contributed by atoms with Crippen LogP contribution >= 0.6 is 0 Å². The number of carbonyl (C=O) groups is 3. The van der Waals surface area contributed by atoms with Crippen molar-refractivity contribution in [2.75, 3.05) is 40.5 Å². The highest BCUT2D eigenvalue weighted by atomic mass is 19.1. The van der Waals surface area contributed by atoms with Crippen molar-refractivity contribution in [1.29, 1.82) is 0 Å². The van der Waals surface area contributed by atoms with Gasteiger partial charge < -0.3 is 29.7 Å². The molecule has 3 amide bonds. The van der Waals surface area contributed by atoms with Crippen LogP contribution in [0.25, 0.3) is 0 Å². The zero-order valence-electron chi connectivity index (χ0n) is 19.9. The lowest BCUT2D eigenvalue weighted by molar-refractivity contribution is -0.135. The Morgan fingerprint density at radius 3 is 2.66 bits per heavy atom. The first-order valence-corrected chi connectivity index (χ1v) is 11.4. The van der Waals surface area contributed by atoms with Gasteiger partial charge in [-0.1, -0.05) is 6.07 Å². The second-order valence-electron chi connectivity index (χ2n) is 7.99. The maximum absolute atomic E-state index is 14.6. The summed E-state index contributed by atoms with van der Waals surface area (Å²) in [5.41, 5.74) is 0.547. The van der Waals surface area contributed by atoms with Gasteiger partial charge in [0.2, 0.25) is 11.8 Å². The van der Waals surface area contributed by atoms with Crippen LogP contribution < -0.4 is 20.1 Å². The SMILES string of the molecule is COCC(=O)N1CCCNC(=O)c2ccc(c(OC)c2)Oc2cccc(F)c2CNC(=O)CCC1. The van der Waals surface area contributed by atoms with E-state index < -0.39 is 5.82 Å². The first kappa shape index (κ1) is 26.0. The summed E-state index contributed by atoms with van der Waals surface area (Å²) < 4.78 is 30.8. The summed E-state index contributed by atoms with van der Waals surface area (Å²) in [6.45, 7) is 0.967. The highest BCUT2D eigenvalue weighted by molar-refractivity contribution is 5.94. The van der Waals surface area contributed by atoms with Gasteiger partial charge in [0.15, 0.2) is 11.5 Å². The van der Waals surface area contributed by atoms with Crippen molar-refractivity contribution < 1.29 is 33.0 Å². The molecule has 0 fully saturated rings. The largest absolute Gasteiger partial charge is 0.493 e. The number of fused-ring (bicyclic) bond motifs is 13. The average Bonchev–Trinajstić information content (AvgIpc) is 2.84. The molecule has 188 valence electrons. The number of methoxy groups -OCH3 is 2. The number of halogens is 1. The lowest BCUT2D eigenvalue weighted by Gasteiger charge is -2.22. The van der Waals surface area contributed by atoms with Gasteiger partial charge in [-0.05, 0) is 43.2 Å². The Hall–Kier alpha value is -3.66. The number of hydrogen-bond acceptors (Lipinski definition) is 6. The van der Waals surface area contributed by atoms with E-state index in [1.807, 2.05) is 0 Å². The monoisotopic (exact) mass is 487 g/mol. The predicted molar refractivity (Wildman–Crippen MR) is 126 cm³/mol. The molecule has 0 radical (unpaired) electrons. The molecular weight excluding hydrogens is 457 g/mol. The number of hydrogen-bond donors (Lipinski definition) is 2. The highest BCUT2D eigenvalue weighted by Gasteiger charge is 2.18.